The number of benzene rings is 1. The Morgan fingerprint density at radius 3 is 2.67 bits per heavy atom. The Balaban J connectivity index is 1.44. The first kappa shape index (κ1) is 26.1. The van der Waals surface area contributed by atoms with Gasteiger partial charge in [0.15, 0.2) is 28.4 Å². The van der Waals surface area contributed by atoms with Crippen molar-refractivity contribution in [2.24, 2.45) is 0 Å². The Kier molecular flexibility index (Phi) is 8.23. The fourth-order valence-electron chi connectivity index (χ4n) is 3.64. The lowest BCUT2D eigenvalue weighted by Gasteiger charge is -2.19. The van der Waals surface area contributed by atoms with Gasteiger partial charge in [0.2, 0.25) is 0 Å². The summed E-state index contributed by atoms with van der Waals surface area (Å²) in [4.78, 5) is 24.3. The molecule has 0 unspecified atom stereocenters. The Hall–Kier alpha value is -3.01. The molecule has 6 N–H and O–H groups in total. The van der Waals surface area contributed by atoms with Crippen molar-refractivity contribution in [3.63, 3.8) is 0 Å². The highest BCUT2D eigenvalue weighted by Gasteiger charge is 2.45. The molecule has 1 aliphatic heterocycles. The number of hydrogen-bond donors (Lipinski definition) is 5. The predicted molar refractivity (Wildman–Crippen MR) is 127 cm³/mol. The van der Waals surface area contributed by atoms with Gasteiger partial charge in [0, 0.05) is 5.75 Å². The number of ether oxygens (including phenoxy) is 3. The van der Waals surface area contributed by atoms with Crippen molar-refractivity contribution < 1.29 is 39.4 Å². The van der Waals surface area contributed by atoms with Crippen LogP contribution in [-0.4, -0.2) is 95.9 Å². The molecule has 0 bridgehead atoms. The van der Waals surface area contributed by atoms with Gasteiger partial charge in [-0.3, -0.25) is 4.57 Å². The summed E-state index contributed by atoms with van der Waals surface area (Å²) < 4.78 is 17.7. The van der Waals surface area contributed by atoms with E-state index in [-0.39, 0.29) is 35.9 Å². The van der Waals surface area contributed by atoms with Crippen LogP contribution in [0.15, 0.2) is 35.7 Å². The van der Waals surface area contributed by atoms with E-state index in [0.29, 0.717) is 16.5 Å². The van der Waals surface area contributed by atoms with Crippen LogP contribution in [0.5, 0.6) is 5.75 Å². The molecule has 14 heteroatoms. The Labute approximate surface area is 209 Å². The molecule has 1 aliphatic rings. The smallest absolute Gasteiger partial charge is 0.338 e. The van der Waals surface area contributed by atoms with Crippen molar-refractivity contribution >= 4 is 34.7 Å². The van der Waals surface area contributed by atoms with Gasteiger partial charge >= 0.3 is 5.97 Å². The van der Waals surface area contributed by atoms with Gasteiger partial charge in [-0.15, -0.1) is 0 Å². The van der Waals surface area contributed by atoms with Crippen LogP contribution >= 0.6 is 11.8 Å². The Morgan fingerprint density at radius 1 is 1.25 bits per heavy atom. The van der Waals surface area contributed by atoms with Crippen LogP contribution in [0, 0.1) is 0 Å². The number of aromatic nitrogens is 4. The molecule has 2 aromatic heterocycles. The monoisotopic (exact) mass is 521 g/mol. The molecule has 0 saturated carbocycles. The third kappa shape index (κ3) is 5.38. The highest BCUT2D eigenvalue weighted by molar-refractivity contribution is 7.99. The standard InChI is InChI=1S/C22H27N5O8S/c1-2-33-21(32)11-3-5-13(6-4-11)34-8-12(29)9-36-22-26-15-18(23)24-10-25-19(15)27(22)20-17(31)16(30)14(7-28)35-20/h3-6,10,12,14,16-17,20,28-31H,2,7-9H2,1H3,(H2,23,24,25)/t12-,14+,16+,17+,20+/m0/s1. The number of nitrogen functional groups attached to an aromatic ring is 1. The number of imidazole rings is 1. The molecule has 1 aromatic carbocycles. The number of rotatable bonds is 10. The van der Waals surface area contributed by atoms with E-state index in [1.165, 1.54) is 10.9 Å². The molecular formula is C22H27N5O8S. The van der Waals surface area contributed by atoms with Crippen LogP contribution in [-0.2, 0) is 9.47 Å². The maximum atomic E-state index is 11.7. The minimum absolute atomic E-state index is 0.0399. The minimum atomic E-state index is -1.36. The molecule has 0 amide bonds. The Morgan fingerprint density at radius 2 is 2.00 bits per heavy atom. The normalized spacial score (nSPS) is 22.6. The van der Waals surface area contributed by atoms with Crippen LogP contribution in [0.4, 0.5) is 5.82 Å². The summed E-state index contributed by atoms with van der Waals surface area (Å²) in [5.74, 6) is 0.297. The molecular weight excluding hydrogens is 494 g/mol. The zero-order chi connectivity index (χ0) is 25.8. The molecule has 1 fully saturated rings. The molecule has 0 aliphatic carbocycles. The molecule has 5 atom stereocenters. The second kappa shape index (κ2) is 11.4. The molecule has 4 rings (SSSR count). The average Bonchev–Trinajstić information content (AvgIpc) is 3.39. The number of nitrogens with two attached hydrogens (primary N) is 1. The van der Waals surface area contributed by atoms with Crippen molar-refractivity contribution in [1.29, 1.82) is 0 Å². The Bertz CT molecular complexity index is 1190. The van der Waals surface area contributed by atoms with Crippen LogP contribution in [0.25, 0.3) is 11.2 Å². The molecule has 13 nitrogen and oxygen atoms in total. The summed E-state index contributed by atoms with van der Waals surface area (Å²) in [6.07, 6.45) is -4.44. The maximum Gasteiger partial charge on any atom is 0.338 e. The second-order valence-corrected chi connectivity index (χ2v) is 8.93. The van der Waals surface area contributed by atoms with Gasteiger partial charge < -0.3 is 40.4 Å². The summed E-state index contributed by atoms with van der Waals surface area (Å²) in [5, 5.41) is 41.0. The first-order valence-electron chi connectivity index (χ1n) is 11.2. The van der Waals surface area contributed by atoms with E-state index in [1.54, 1.807) is 31.2 Å². The maximum absolute atomic E-state index is 11.7. The second-order valence-electron chi connectivity index (χ2n) is 7.95. The molecule has 36 heavy (non-hydrogen) atoms. The topological polar surface area (TPSA) is 195 Å². The number of carbonyl (C=O) groups excluding carboxylic acids is 1. The molecule has 1 saturated heterocycles. The first-order chi connectivity index (χ1) is 17.3. The van der Waals surface area contributed by atoms with Crippen LogP contribution in [0.2, 0.25) is 0 Å². The van der Waals surface area contributed by atoms with Crippen molar-refractivity contribution in [3.05, 3.63) is 36.2 Å². The van der Waals surface area contributed by atoms with Gasteiger partial charge in [-0.05, 0) is 31.2 Å². The van der Waals surface area contributed by atoms with Crippen molar-refractivity contribution in [2.45, 2.75) is 42.7 Å². The highest BCUT2D eigenvalue weighted by Crippen LogP contribution is 2.36. The SMILES string of the molecule is CCOC(=O)c1ccc(OC[C@H](O)CSc2nc3c(N)ncnc3n2[C@@H]2O[C@H](CO)[C@@H](O)[C@H]2O)cc1. The zero-order valence-electron chi connectivity index (χ0n) is 19.3. The molecule has 0 spiro atoms. The lowest BCUT2D eigenvalue weighted by atomic mass is 10.1. The summed E-state index contributed by atoms with van der Waals surface area (Å²) in [7, 11) is 0. The fourth-order valence-corrected chi connectivity index (χ4v) is 4.57. The van der Waals surface area contributed by atoms with Gasteiger partial charge in [-0.25, -0.2) is 19.7 Å². The number of hydrogen-bond acceptors (Lipinski definition) is 13. The van der Waals surface area contributed by atoms with Gasteiger partial charge in [0.05, 0.1) is 24.9 Å². The van der Waals surface area contributed by atoms with Gasteiger partial charge in [-0.1, -0.05) is 11.8 Å². The quantitative estimate of drug-likeness (QED) is 0.173. The van der Waals surface area contributed by atoms with Crippen molar-refractivity contribution in [3.8, 4) is 5.75 Å². The lowest BCUT2D eigenvalue weighted by Crippen LogP contribution is -2.33. The van der Waals surface area contributed by atoms with E-state index in [4.69, 9.17) is 19.9 Å². The van der Waals surface area contributed by atoms with Gasteiger partial charge in [0.25, 0.3) is 0 Å². The van der Waals surface area contributed by atoms with E-state index in [0.717, 1.165) is 11.8 Å². The fraction of sp³-hybridized carbons (Fsp3) is 0.455. The lowest BCUT2D eigenvalue weighted by molar-refractivity contribution is -0.0548. The van der Waals surface area contributed by atoms with E-state index >= 15 is 0 Å². The van der Waals surface area contributed by atoms with Gasteiger partial charge in [-0.2, -0.15) is 0 Å². The van der Waals surface area contributed by atoms with Gasteiger partial charge in [0.1, 0.15) is 37.0 Å². The van der Waals surface area contributed by atoms with Crippen LogP contribution in [0.3, 0.4) is 0 Å². The zero-order valence-corrected chi connectivity index (χ0v) is 20.1. The van der Waals surface area contributed by atoms with Crippen LogP contribution < -0.4 is 10.5 Å². The third-order valence-electron chi connectivity index (χ3n) is 5.46. The summed E-state index contributed by atoms with van der Waals surface area (Å²) in [6, 6.07) is 6.36. The first-order valence-corrected chi connectivity index (χ1v) is 12.1. The predicted octanol–water partition coefficient (Wildman–Crippen LogP) is -0.271. The molecule has 3 aromatic rings. The summed E-state index contributed by atoms with van der Waals surface area (Å²) in [6.45, 7) is 1.48. The minimum Gasteiger partial charge on any atom is -0.491 e. The summed E-state index contributed by atoms with van der Waals surface area (Å²) in [5.41, 5.74) is 6.87. The number of carbonyl (C=O) groups is 1. The van der Waals surface area contributed by atoms with Crippen LogP contribution in [0.1, 0.15) is 23.5 Å². The number of fused-ring (bicyclic) bond motifs is 1. The number of aliphatic hydroxyl groups is 4. The number of esters is 1. The van der Waals surface area contributed by atoms with E-state index in [9.17, 15) is 25.2 Å². The summed E-state index contributed by atoms with van der Waals surface area (Å²) >= 11 is 1.14. The largest absolute Gasteiger partial charge is 0.491 e. The molecule has 3 heterocycles. The molecule has 194 valence electrons. The van der Waals surface area contributed by atoms with E-state index < -0.39 is 43.2 Å². The highest BCUT2D eigenvalue weighted by atomic mass is 32.2. The van der Waals surface area contributed by atoms with E-state index in [1.807, 2.05) is 0 Å². The third-order valence-corrected chi connectivity index (χ3v) is 6.55. The number of aliphatic hydroxyl groups excluding tert-OH is 4. The number of thioether (sulfide) groups is 1. The number of nitrogens with zero attached hydrogens (tertiary/aromatic N) is 4. The molecule has 0 radical (unpaired) electrons. The van der Waals surface area contributed by atoms with Crippen molar-refractivity contribution in [1.82, 2.24) is 19.5 Å². The van der Waals surface area contributed by atoms with Crippen molar-refractivity contribution in [2.75, 3.05) is 31.3 Å². The number of anilines is 1. The van der Waals surface area contributed by atoms with E-state index in [2.05, 4.69) is 15.0 Å². The average molecular weight is 522 g/mol.